The summed E-state index contributed by atoms with van der Waals surface area (Å²) >= 11 is 0. The van der Waals surface area contributed by atoms with Crippen LogP contribution in [0.4, 0.5) is 0 Å². The molecule has 0 fully saturated rings. The van der Waals surface area contributed by atoms with Crippen LogP contribution in [0.1, 0.15) is 28.7 Å². The Labute approximate surface area is 233 Å². The summed E-state index contributed by atoms with van der Waals surface area (Å²) in [6.45, 7) is -0.653. The molecule has 0 aliphatic rings. The summed E-state index contributed by atoms with van der Waals surface area (Å²) in [5.74, 6) is -1.72. The predicted molar refractivity (Wildman–Crippen MR) is 151 cm³/mol. The molecule has 2 atom stereocenters. The highest BCUT2D eigenvalue weighted by Gasteiger charge is 2.28. The Bertz CT molecular complexity index is 1380. The highest BCUT2D eigenvalue weighted by Crippen LogP contribution is 2.09. The van der Waals surface area contributed by atoms with Gasteiger partial charge in [0.25, 0.3) is 0 Å². The van der Waals surface area contributed by atoms with Gasteiger partial charge in [0.05, 0.1) is 12.4 Å². The topological polar surface area (TPSA) is 183 Å². The number of hydrogen-bond acceptors (Lipinski definition) is 7. The van der Waals surface area contributed by atoms with Gasteiger partial charge in [-0.1, -0.05) is 90.1 Å². The van der Waals surface area contributed by atoms with E-state index in [-0.39, 0.29) is 24.6 Å². The van der Waals surface area contributed by atoms with Crippen molar-refractivity contribution in [2.24, 2.45) is 10.9 Å². The molecule has 212 valence electrons. The van der Waals surface area contributed by atoms with E-state index in [0.717, 1.165) is 11.1 Å². The number of amidine groups is 1. The smallest absolute Gasteiger partial charge is 0.242 e. The first-order chi connectivity index (χ1) is 19.2. The molecule has 0 aliphatic heterocycles. The van der Waals surface area contributed by atoms with Crippen molar-refractivity contribution in [2.45, 2.75) is 37.2 Å². The van der Waals surface area contributed by atoms with Crippen LogP contribution in [0.3, 0.4) is 0 Å². The Hall–Kier alpha value is -4.26. The maximum Gasteiger partial charge on any atom is 0.242 e. The number of nitrogens with two attached hydrogens (primary N) is 1. The number of aliphatic hydroxyl groups is 1. The number of sulfonamides is 1. The number of aryl methyl sites for hydroxylation is 1. The van der Waals surface area contributed by atoms with E-state index in [1.807, 2.05) is 30.3 Å². The molecule has 0 saturated carbocycles. The van der Waals surface area contributed by atoms with Crippen LogP contribution in [0.2, 0.25) is 0 Å². The van der Waals surface area contributed by atoms with Gasteiger partial charge in [-0.15, -0.1) is 0 Å². The Balaban J connectivity index is 1.67. The average molecular weight is 568 g/mol. The zero-order valence-corrected chi connectivity index (χ0v) is 22.5. The fourth-order valence-electron chi connectivity index (χ4n) is 3.89. The lowest BCUT2D eigenvalue weighted by Gasteiger charge is -2.22. The third-order valence-electron chi connectivity index (χ3n) is 6.04. The van der Waals surface area contributed by atoms with Gasteiger partial charge in [0.1, 0.15) is 12.1 Å². The van der Waals surface area contributed by atoms with E-state index in [1.165, 1.54) is 0 Å². The molecule has 0 bridgehead atoms. The zero-order chi connectivity index (χ0) is 29.0. The van der Waals surface area contributed by atoms with Gasteiger partial charge in [-0.25, -0.2) is 13.1 Å². The summed E-state index contributed by atoms with van der Waals surface area (Å²) < 4.78 is 27.5. The van der Waals surface area contributed by atoms with Crippen LogP contribution in [0.5, 0.6) is 0 Å². The Morgan fingerprint density at radius 2 is 1.43 bits per heavy atom. The highest BCUT2D eigenvalue weighted by molar-refractivity contribution is 7.88. The lowest BCUT2D eigenvalue weighted by molar-refractivity contribution is -0.130. The van der Waals surface area contributed by atoms with Crippen molar-refractivity contribution in [3.05, 3.63) is 107 Å². The monoisotopic (exact) mass is 567 g/mol. The van der Waals surface area contributed by atoms with E-state index < -0.39 is 40.5 Å². The normalized spacial score (nSPS) is 13.3. The average Bonchev–Trinajstić information content (AvgIpc) is 2.97. The van der Waals surface area contributed by atoms with Crippen LogP contribution >= 0.6 is 0 Å². The lowest BCUT2D eigenvalue weighted by atomic mass is 10.0. The molecule has 0 aliphatic carbocycles. The molecule has 0 spiro atoms. The van der Waals surface area contributed by atoms with Gasteiger partial charge in [-0.2, -0.15) is 0 Å². The number of carbonyl (C=O) groups excluding carboxylic acids is 2. The second-order valence-corrected chi connectivity index (χ2v) is 10.8. The highest BCUT2D eigenvalue weighted by atomic mass is 32.2. The number of nitrogens with one attached hydrogen (secondary N) is 3. The number of amides is 2. The lowest BCUT2D eigenvalue weighted by Crippen LogP contribution is -2.55. The maximum absolute atomic E-state index is 13.1. The molecule has 12 heteroatoms. The van der Waals surface area contributed by atoms with E-state index in [9.17, 15) is 23.1 Å². The summed E-state index contributed by atoms with van der Waals surface area (Å²) in [5, 5.41) is 26.9. The van der Waals surface area contributed by atoms with E-state index >= 15 is 0 Å². The number of carbonyl (C=O) groups is 2. The molecule has 2 amide bonds. The van der Waals surface area contributed by atoms with Crippen molar-refractivity contribution < 1.29 is 28.3 Å². The summed E-state index contributed by atoms with van der Waals surface area (Å²) in [5.41, 5.74) is 8.29. The number of nitrogens with zero attached hydrogens (tertiary/aromatic N) is 1. The predicted octanol–water partition coefficient (Wildman–Crippen LogP) is 0.995. The Kier molecular flexibility index (Phi) is 11.2. The summed E-state index contributed by atoms with van der Waals surface area (Å²) in [4.78, 5) is 26.1. The van der Waals surface area contributed by atoms with Crippen molar-refractivity contribution in [1.29, 1.82) is 0 Å². The number of rotatable bonds is 14. The van der Waals surface area contributed by atoms with Gasteiger partial charge in [-0.05, 0) is 29.5 Å². The molecule has 0 radical (unpaired) electrons. The van der Waals surface area contributed by atoms with E-state index in [1.54, 1.807) is 54.6 Å². The summed E-state index contributed by atoms with van der Waals surface area (Å²) in [7, 11) is -3.96. The standard InChI is InChI=1S/C28H33N5O6S/c29-26(32-37)23-14-11-21(12-15-23)17-30-27(35)24(16-13-20-7-3-1-4-8-20)31-28(36)25(18-34)33-40(38,39)19-22-9-5-2-6-10-22/h1-12,14-15,24-25,33-34,37H,13,16-19H2,(H2,29,32)(H,30,35)(H,31,36)/t24-,25+/m0/s1. The van der Waals surface area contributed by atoms with Crippen molar-refractivity contribution >= 4 is 27.7 Å². The van der Waals surface area contributed by atoms with E-state index in [0.29, 0.717) is 17.5 Å². The molecule has 3 rings (SSSR count). The zero-order valence-electron chi connectivity index (χ0n) is 21.7. The first kappa shape index (κ1) is 30.3. The van der Waals surface area contributed by atoms with Gasteiger partial charge < -0.3 is 26.7 Å². The summed E-state index contributed by atoms with van der Waals surface area (Å²) in [6.07, 6.45) is 0.705. The second kappa shape index (κ2) is 14.8. The van der Waals surface area contributed by atoms with Gasteiger partial charge in [0.2, 0.25) is 21.8 Å². The van der Waals surface area contributed by atoms with E-state index in [4.69, 9.17) is 10.9 Å². The van der Waals surface area contributed by atoms with Crippen LogP contribution in [0, 0.1) is 0 Å². The fourth-order valence-corrected chi connectivity index (χ4v) is 5.22. The van der Waals surface area contributed by atoms with Gasteiger partial charge in [-0.3, -0.25) is 9.59 Å². The molecular formula is C28H33N5O6S. The number of aliphatic hydroxyl groups excluding tert-OH is 1. The minimum absolute atomic E-state index is 0.0443. The molecule has 0 aromatic heterocycles. The van der Waals surface area contributed by atoms with Crippen LogP contribution in [-0.4, -0.2) is 55.1 Å². The molecular weight excluding hydrogens is 534 g/mol. The minimum Gasteiger partial charge on any atom is -0.409 e. The van der Waals surface area contributed by atoms with Crippen LogP contribution < -0.4 is 21.1 Å². The molecule has 0 saturated heterocycles. The third-order valence-corrected chi connectivity index (χ3v) is 7.40. The number of oxime groups is 1. The van der Waals surface area contributed by atoms with Crippen LogP contribution in [-0.2, 0) is 38.3 Å². The van der Waals surface area contributed by atoms with Crippen LogP contribution in [0.25, 0.3) is 0 Å². The Morgan fingerprint density at radius 3 is 2.00 bits per heavy atom. The SMILES string of the molecule is N/C(=N\O)c1ccc(CNC(=O)[C@H](CCc2ccccc2)NC(=O)[C@@H](CO)NS(=O)(=O)Cc2ccccc2)cc1. The molecule has 11 nitrogen and oxygen atoms in total. The van der Waals surface area contributed by atoms with Gasteiger partial charge >= 0.3 is 0 Å². The molecule has 0 heterocycles. The number of hydrogen-bond donors (Lipinski definition) is 6. The first-order valence-corrected chi connectivity index (χ1v) is 14.2. The summed E-state index contributed by atoms with van der Waals surface area (Å²) in [6, 6.07) is 22.0. The fraction of sp³-hybridized carbons (Fsp3) is 0.250. The second-order valence-electron chi connectivity index (χ2n) is 9.08. The third kappa shape index (κ3) is 9.49. The van der Waals surface area contributed by atoms with Crippen LogP contribution in [0.15, 0.2) is 90.1 Å². The first-order valence-electron chi connectivity index (χ1n) is 12.5. The quantitative estimate of drug-likeness (QED) is 0.0726. The minimum atomic E-state index is -3.96. The van der Waals surface area contributed by atoms with Gasteiger partial charge in [0, 0.05) is 12.1 Å². The van der Waals surface area contributed by atoms with Crippen molar-refractivity contribution in [3.63, 3.8) is 0 Å². The maximum atomic E-state index is 13.1. The van der Waals surface area contributed by atoms with Crippen molar-refractivity contribution in [2.75, 3.05) is 6.61 Å². The molecule has 40 heavy (non-hydrogen) atoms. The number of benzene rings is 3. The van der Waals surface area contributed by atoms with Crippen molar-refractivity contribution in [3.8, 4) is 0 Å². The van der Waals surface area contributed by atoms with Crippen molar-refractivity contribution in [1.82, 2.24) is 15.4 Å². The molecule has 7 N–H and O–H groups in total. The van der Waals surface area contributed by atoms with Gasteiger partial charge in [0.15, 0.2) is 5.84 Å². The molecule has 3 aromatic rings. The molecule has 3 aromatic carbocycles. The Morgan fingerprint density at radius 1 is 0.825 bits per heavy atom. The molecule has 0 unspecified atom stereocenters. The largest absolute Gasteiger partial charge is 0.409 e. The van der Waals surface area contributed by atoms with E-state index in [2.05, 4.69) is 20.5 Å².